The van der Waals surface area contributed by atoms with E-state index in [0.29, 0.717) is 40.7 Å². The van der Waals surface area contributed by atoms with Gasteiger partial charge in [-0.15, -0.1) is 0 Å². The highest BCUT2D eigenvalue weighted by molar-refractivity contribution is 6.32. The Hall–Kier alpha value is -5.23. The van der Waals surface area contributed by atoms with Gasteiger partial charge in [-0.3, -0.25) is 29.5 Å². The number of ether oxygens (including phenoxy) is 1. The Morgan fingerprint density at radius 3 is 2.18 bits per heavy atom. The summed E-state index contributed by atoms with van der Waals surface area (Å²) in [7, 11) is 0. The molecule has 6 atom stereocenters. The van der Waals surface area contributed by atoms with Crippen molar-refractivity contribution in [3.63, 3.8) is 0 Å². The molecule has 5 aliphatic rings. The number of phenols is 1. The molecular weight excluding hydrogens is 746 g/mol. The van der Waals surface area contributed by atoms with Gasteiger partial charge in [0.1, 0.15) is 11.6 Å². The van der Waals surface area contributed by atoms with E-state index in [1.165, 1.54) is 41.3 Å². The van der Waals surface area contributed by atoms with Gasteiger partial charge in [0, 0.05) is 34.7 Å². The summed E-state index contributed by atoms with van der Waals surface area (Å²) in [5, 5.41) is 12.0. The SMILES string of the molecule is O=C1C2CC3C(=CCC4C(=O)N(c5ccc(N6CCOCC6)cc5)C(=O)C43)C(c3ccc(O)cc3Cl)C2(c2ccc(Cl)cc2)C(=O)N1Nc1ccc(F)cc1. The predicted octanol–water partition coefficient (Wildman–Crippen LogP) is 6.86. The second kappa shape index (κ2) is 13.5. The fourth-order valence-electron chi connectivity index (χ4n) is 9.64. The van der Waals surface area contributed by atoms with E-state index in [0.717, 1.165) is 29.4 Å². The molecule has 3 saturated heterocycles. The Morgan fingerprint density at radius 1 is 0.800 bits per heavy atom. The van der Waals surface area contributed by atoms with Gasteiger partial charge in [0.05, 0.1) is 47.8 Å². The summed E-state index contributed by atoms with van der Waals surface area (Å²) in [5.41, 5.74) is 4.80. The number of benzene rings is 4. The number of aromatic hydroxyl groups is 1. The molecule has 4 aromatic carbocycles. The van der Waals surface area contributed by atoms with E-state index in [9.17, 15) is 23.9 Å². The Kier molecular flexibility index (Phi) is 8.71. The van der Waals surface area contributed by atoms with Crippen molar-refractivity contribution >= 4 is 63.9 Å². The van der Waals surface area contributed by atoms with Gasteiger partial charge in [-0.25, -0.2) is 4.39 Å². The number of phenolic OH excluding ortho intramolecular Hbond substituents is 1. The van der Waals surface area contributed by atoms with Crippen LogP contribution in [0.4, 0.5) is 21.5 Å². The zero-order valence-corrected chi connectivity index (χ0v) is 30.8. The monoisotopic (exact) mass is 780 g/mol. The number of hydrogen-bond acceptors (Lipinski definition) is 8. The summed E-state index contributed by atoms with van der Waals surface area (Å²) >= 11 is 13.3. The number of nitrogens with one attached hydrogen (secondary N) is 1. The molecule has 2 N–H and O–H groups in total. The van der Waals surface area contributed by atoms with Gasteiger partial charge in [-0.2, -0.15) is 5.01 Å². The van der Waals surface area contributed by atoms with Gasteiger partial charge in [-0.05, 0) is 103 Å². The zero-order chi connectivity index (χ0) is 38.2. The molecule has 2 aliphatic carbocycles. The standard InChI is InChI=1S/C42H35Cl2FN4O6/c43-24-3-1-23(2-4-24)42-34(39(52)49(41(42)54)46-26-7-5-25(45)6-8-26)22-33-30(37(42)31-14-13-29(50)21-35(31)44)15-16-32-36(33)40(53)48(38(32)51)28-11-9-27(10-12-28)47-17-19-55-20-18-47/h1-15,21,32-34,36-37,46,50H,16-20,22H2. The number of carbonyl (C=O) groups is 4. The second-order valence-electron chi connectivity index (χ2n) is 14.7. The summed E-state index contributed by atoms with van der Waals surface area (Å²) in [6.07, 6.45) is 2.26. The number of carbonyl (C=O) groups excluding carboxylic acids is 4. The molecule has 10 nitrogen and oxygen atoms in total. The molecule has 0 spiro atoms. The van der Waals surface area contributed by atoms with Crippen LogP contribution in [0.25, 0.3) is 0 Å². The third-order valence-corrected chi connectivity index (χ3v) is 12.6. The predicted molar refractivity (Wildman–Crippen MR) is 204 cm³/mol. The van der Waals surface area contributed by atoms with E-state index in [-0.39, 0.29) is 35.4 Å². The average molecular weight is 782 g/mol. The average Bonchev–Trinajstić information content (AvgIpc) is 3.57. The lowest BCUT2D eigenvalue weighted by atomic mass is 9.49. The Morgan fingerprint density at radius 2 is 1.49 bits per heavy atom. The van der Waals surface area contributed by atoms with E-state index in [1.54, 1.807) is 42.5 Å². The van der Waals surface area contributed by atoms with Crippen molar-refractivity contribution in [2.45, 2.75) is 24.2 Å². The molecule has 0 bridgehead atoms. The van der Waals surface area contributed by atoms with E-state index in [4.69, 9.17) is 27.9 Å². The lowest BCUT2D eigenvalue weighted by Gasteiger charge is -2.50. The molecule has 9 rings (SSSR count). The van der Waals surface area contributed by atoms with Crippen molar-refractivity contribution < 1.29 is 33.4 Å². The maximum absolute atomic E-state index is 15.3. The first-order chi connectivity index (χ1) is 26.6. The summed E-state index contributed by atoms with van der Waals surface area (Å²) in [6, 6.07) is 24.0. The number of imide groups is 2. The van der Waals surface area contributed by atoms with Gasteiger partial charge in [0.15, 0.2) is 0 Å². The fourth-order valence-corrected chi connectivity index (χ4v) is 10.0. The molecule has 6 unspecified atom stereocenters. The van der Waals surface area contributed by atoms with Crippen LogP contribution in [0.2, 0.25) is 10.0 Å². The minimum absolute atomic E-state index is 0.0802. The van der Waals surface area contributed by atoms with Crippen molar-refractivity contribution in [1.29, 1.82) is 0 Å². The van der Waals surface area contributed by atoms with Gasteiger partial charge in [-0.1, -0.05) is 53.1 Å². The Balaban J connectivity index is 1.17. The van der Waals surface area contributed by atoms with Crippen LogP contribution in [0.1, 0.15) is 29.9 Å². The number of hydrazine groups is 1. The lowest BCUT2D eigenvalue weighted by Crippen LogP contribution is -2.53. The summed E-state index contributed by atoms with van der Waals surface area (Å²) < 4.78 is 19.4. The fraction of sp³-hybridized carbons (Fsp3) is 0.286. The van der Waals surface area contributed by atoms with Crippen LogP contribution in [-0.4, -0.2) is 60.0 Å². The summed E-state index contributed by atoms with van der Waals surface area (Å²) in [4.78, 5) is 62.4. The van der Waals surface area contributed by atoms with Gasteiger partial charge < -0.3 is 14.7 Å². The van der Waals surface area contributed by atoms with Crippen molar-refractivity contribution in [2.75, 3.05) is 41.5 Å². The third-order valence-electron chi connectivity index (χ3n) is 12.0. The third kappa shape index (κ3) is 5.54. The molecule has 3 heterocycles. The number of morpholine rings is 1. The van der Waals surface area contributed by atoms with Crippen LogP contribution in [0.15, 0.2) is 103 Å². The maximum Gasteiger partial charge on any atom is 0.260 e. The van der Waals surface area contributed by atoms with Gasteiger partial charge in [0.25, 0.3) is 11.8 Å². The van der Waals surface area contributed by atoms with E-state index in [2.05, 4.69) is 10.3 Å². The van der Waals surface area contributed by atoms with E-state index < -0.39 is 52.6 Å². The molecule has 13 heteroatoms. The maximum atomic E-state index is 15.3. The first kappa shape index (κ1) is 35.5. The van der Waals surface area contributed by atoms with Crippen LogP contribution in [0.3, 0.4) is 0 Å². The molecule has 4 amide bonds. The number of fused-ring (bicyclic) bond motifs is 4. The van der Waals surface area contributed by atoms with Gasteiger partial charge in [0.2, 0.25) is 11.8 Å². The number of hydrogen-bond donors (Lipinski definition) is 2. The van der Waals surface area contributed by atoms with Crippen LogP contribution in [0, 0.1) is 29.5 Å². The molecule has 0 aromatic heterocycles. The second-order valence-corrected chi connectivity index (χ2v) is 15.6. The number of rotatable bonds is 6. The number of nitrogens with zero attached hydrogens (tertiary/aromatic N) is 3. The van der Waals surface area contributed by atoms with Crippen LogP contribution >= 0.6 is 23.2 Å². The normalized spacial score (nSPS) is 27.5. The van der Waals surface area contributed by atoms with Crippen molar-refractivity contribution in [3.8, 4) is 5.75 Å². The highest BCUT2D eigenvalue weighted by Crippen LogP contribution is 2.65. The highest BCUT2D eigenvalue weighted by Gasteiger charge is 2.70. The van der Waals surface area contributed by atoms with E-state index >= 15 is 4.79 Å². The van der Waals surface area contributed by atoms with Crippen LogP contribution in [0.5, 0.6) is 5.75 Å². The smallest absolute Gasteiger partial charge is 0.260 e. The first-order valence-electron chi connectivity index (χ1n) is 18.2. The van der Waals surface area contributed by atoms with Crippen LogP contribution < -0.4 is 15.2 Å². The van der Waals surface area contributed by atoms with E-state index in [1.807, 2.05) is 18.2 Å². The highest BCUT2D eigenvalue weighted by atomic mass is 35.5. The largest absolute Gasteiger partial charge is 0.508 e. The van der Waals surface area contributed by atoms with Crippen LogP contribution in [-0.2, 0) is 29.3 Å². The molecular formula is C42H35Cl2FN4O6. The minimum atomic E-state index is -1.59. The molecule has 55 heavy (non-hydrogen) atoms. The zero-order valence-electron chi connectivity index (χ0n) is 29.3. The van der Waals surface area contributed by atoms with Crippen molar-refractivity contribution in [2.24, 2.45) is 23.7 Å². The quantitative estimate of drug-likeness (QED) is 0.161. The van der Waals surface area contributed by atoms with Gasteiger partial charge >= 0.3 is 0 Å². The Labute approximate surface area is 326 Å². The number of anilines is 3. The number of halogens is 3. The lowest BCUT2D eigenvalue weighted by molar-refractivity contribution is -0.138. The summed E-state index contributed by atoms with van der Waals surface area (Å²) in [6.45, 7) is 2.72. The molecule has 4 aromatic rings. The molecule has 0 radical (unpaired) electrons. The molecule has 280 valence electrons. The minimum Gasteiger partial charge on any atom is -0.508 e. The number of allylic oxidation sites excluding steroid dienone is 2. The molecule has 4 fully saturated rings. The Bertz CT molecular complexity index is 2260. The topological polar surface area (TPSA) is 119 Å². The molecule has 3 aliphatic heterocycles. The first-order valence-corrected chi connectivity index (χ1v) is 19.0. The van der Waals surface area contributed by atoms with Crippen molar-refractivity contribution in [3.05, 3.63) is 130 Å². The van der Waals surface area contributed by atoms with Crippen molar-refractivity contribution in [1.82, 2.24) is 5.01 Å². The number of amides is 4. The molecule has 1 saturated carbocycles. The summed E-state index contributed by atoms with van der Waals surface area (Å²) in [5.74, 6) is -6.40.